The van der Waals surface area contributed by atoms with E-state index in [2.05, 4.69) is 34.5 Å². The highest BCUT2D eigenvalue weighted by Crippen LogP contribution is 2.22. The van der Waals surface area contributed by atoms with Crippen LogP contribution in [0.1, 0.15) is 6.42 Å². The highest BCUT2D eigenvalue weighted by Gasteiger charge is 2.28. The molecule has 1 aliphatic rings. The van der Waals surface area contributed by atoms with E-state index in [0.717, 1.165) is 25.2 Å². The van der Waals surface area contributed by atoms with Crippen molar-refractivity contribution in [3.63, 3.8) is 0 Å². The normalized spacial score (nSPS) is 17.3. The first-order valence-electron chi connectivity index (χ1n) is 7.63. The molecule has 0 aliphatic carbocycles. The van der Waals surface area contributed by atoms with Crippen LogP contribution in [0.3, 0.4) is 0 Å². The van der Waals surface area contributed by atoms with Crippen molar-refractivity contribution in [2.45, 2.75) is 12.5 Å². The van der Waals surface area contributed by atoms with E-state index in [1.54, 1.807) is 0 Å². The molecule has 1 heterocycles. The lowest BCUT2D eigenvalue weighted by Gasteiger charge is -2.25. The summed E-state index contributed by atoms with van der Waals surface area (Å²) in [4.78, 5) is 16.5. The van der Waals surface area contributed by atoms with Crippen molar-refractivity contribution in [1.29, 1.82) is 0 Å². The Morgan fingerprint density at radius 2 is 1.73 bits per heavy atom. The second kappa shape index (κ2) is 6.52. The van der Waals surface area contributed by atoms with Crippen LogP contribution in [0.2, 0.25) is 0 Å². The molecule has 3 rings (SSSR count). The Hall–Kier alpha value is -2.49. The summed E-state index contributed by atoms with van der Waals surface area (Å²) in [6.45, 7) is 1.86. The quantitative estimate of drug-likeness (QED) is 0.941. The lowest BCUT2D eigenvalue weighted by molar-refractivity contribution is 0.208. The van der Waals surface area contributed by atoms with Crippen LogP contribution in [0.4, 0.5) is 16.2 Å². The number of benzene rings is 2. The fourth-order valence-corrected chi connectivity index (χ4v) is 2.83. The molecule has 1 saturated heterocycles. The SMILES string of the molecule is CN(C(=O)Nc1ccccc1)[C@@H]1CCN(c2ccccc2)C1. The van der Waals surface area contributed by atoms with Crippen molar-refractivity contribution in [3.8, 4) is 0 Å². The number of nitrogens with zero attached hydrogens (tertiary/aromatic N) is 2. The summed E-state index contributed by atoms with van der Waals surface area (Å²) in [5.41, 5.74) is 2.05. The number of nitrogens with one attached hydrogen (secondary N) is 1. The van der Waals surface area contributed by atoms with Gasteiger partial charge >= 0.3 is 6.03 Å². The van der Waals surface area contributed by atoms with Gasteiger partial charge in [-0.3, -0.25) is 0 Å². The monoisotopic (exact) mass is 295 g/mol. The molecule has 0 radical (unpaired) electrons. The number of anilines is 2. The largest absolute Gasteiger partial charge is 0.369 e. The van der Waals surface area contributed by atoms with Crippen LogP contribution in [0.25, 0.3) is 0 Å². The molecule has 1 N–H and O–H groups in total. The van der Waals surface area contributed by atoms with Crippen molar-refractivity contribution >= 4 is 17.4 Å². The van der Waals surface area contributed by atoms with Crippen molar-refractivity contribution < 1.29 is 4.79 Å². The molecular weight excluding hydrogens is 274 g/mol. The molecule has 4 heteroatoms. The number of rotatable bonds is 3. The summed E-state index contributed by atoms with van der Waals surface area (Å²) in [6.07, 6.45) is 0.994. The van der Waals surface area contributed by atoms with Crippen molar-refractivity contribution in [2.24, 2.45) is 0 Å². The number of hydrogen-bond acceptors (Lipinski definition) is 2. The van der Waals surface area contributed by atoms with E-state index < -0.39 is 0 Å². The van der Waals surface area contributed by atoms with Gasteiger partial charge in [0.15, 0.2) is 0 Å². The maximum atomic E-state index is 12.3. The van der Waals surface area contributed by atoms with Gasteiger partial charge in [-0.05, 0) is 30.7 Å². The Kier molecular flexibility index (Phi) is 4.28. The predicted octanol–water partition coefficient (Wildman–Crippen LogP) is 3.43. The molecule has 2 amide bonds. The second-order valence-corrected chi connectivity index (χ2v) is 5.63. The summed E-state index contributed by atoms with van der Waals surface area (Å²) >= 11 is 0. The molecule has 4 nitrogen and oxygen atoms in total. The molecule has 0 bridgehead atoms. The third-order valence-corrected chi connectivity index (χ3v) is 4.18. The highest BCUT2D eigenvalue weighted by atomic mass is 16.2. The number of amides is 2. The minimum Gasteiger partial charge on any atom is -0.369 e. The molecule has 0 unspecified atom stereocenters. The minimum atomic E-state index is -0.0499. The average Bonchev–Trinajstić information content (AvgIpc) is 3.06. The van der Waals surface area contributed by atoms with Crippen LogP contribution in [-0.2, 0) is 0 Å². The summed E-state index contributed by atoms with van der Waals surface area (Å²) in [7, 11) is 1.87. The zero-order valence-electron chi connectivity index (χ0n) is 12.8. The molecule has 2 aromatic carbocycles. The number of carbonyl (C=O) groups is 1. The Morgan fingerprint density at radius 3 is 2.41 bits per heavy atom. The molecule has 0 saturated carbocycles. The van der Waals surface area contributed by atoms with Crippen molar-refractivity contribution in [2.75, 3.05) is 30.4 Å². The van der Waals surface area contributed by atoms with E-state index in [1.165, 1.54) is 5.69 Å². The van der Waals surface area contributed by atoms with Gasteiger partial charge in [0.05, 0.1) is 6.04 Å². The fourth-order valence-electron chi connectivity index (χ4n) is 2.83. The molecule has 1 atom stereocenters. The third kappa shape index (κ3) is 3.22. The van der Waals surface area contributed by atoms with Gasteiger partial charge in [0, 0.05) is 31.5 Å². The molecule has 1 aliphatic heterocycles. The first-order chi connectivity index (χ1) is 10.7. The topological polar surface area (TPSA) is 35.6 Å². The van der Waals surface area contributed by atoms with E-state index in [-0.39, 0.29) is 12.1 Å². The van der Waals surface area contributed by atoms with Gasteiger partial charge in [0.1, 0.15) is 0 Å². The molecule has 0 spiro atoms. The second-order valence-electron chi connectivity index (χ2n) is 5.63. The van der Waals surface area contributed by atoms with Gasteiger partial charge in [0.2, 0.25) is 0 Å². The van der Waals surface area contributed by atoms with E-state index in [0.29, 0.717) is 0 Å². The number of urea groups is 1. The fraction of sp³-hybridized carbons (Fsp3) is 0.278. The Balaban J connectivity index is 1.59. The smallest absolute Gasteiger partial charge is 0.321 e. The Morgan fingerprint density at radius 1 is 1.09 bits per heavy atom. The number of hydrogen-bond donors (Lipinski definition) is 1. The van der Waals surface area contributed by atoms with Crippen LogP contribution >= 0.6 is 0 Å². The Labute approximate surface area is 131 Å². The third-order valence-electron chi connectivity index (χ3n) is 4.18. The molecular formula is C18H21N3O. The van der Waals surface area contributed by atoms with Gasteiger partial charge in [-0.1, -0.05) is 36.4 Å². The summed E-state index contributed by atoms with van der Waals surface area (Å²) in [6, 6.07) is 20.1. The van der Waals surface area contributed by atoms with Gasteiger partial charge in [-0.2, -0.15) is 0 Å². The van der Waals surface area contributed by atoms with Crippen LogP contribution in [0, 0.1) is 0 Å². The lowest BCUT2D eigenvalue weighted by atomic mass is 10.2. The standard InChI is InChI=1S/C18H21N3O/c1-20(18(22)19-15-8-4-2-5-9-15)17-12-13-21(14-17)16-10-6-3-7-11-16/h2-11,17H,12-14H2,1H3,(H,19,22)/t17-/m1/s1. The maximum absolute atomic E-state index is 12.3. The van der Waals surface area contributed by atoms with Crippen LogP contribution in [-0.4, -0.2) is 37.1 Å². The molecule has 114 valence electrons. The van der Waals surface area contributed by atoms with E-state index in [4.69, 9.17) is 0 Å². The van der Waals surface area contributed by atoms with E-state index >= 15 is 0 Å². The average molecular weight is 295 g/mol. The first-order valence-corrected chi connectivity index (χ1v) is 7.63. The van der Waals surface area contributed by atoms with E-state index in [9.17, 15) is 4.79 Å². The Bertz CT molecular complexity index is 615. The summed E-state index contributed by atoms with van der Waals surface area (Å²) in [5.74, 6) is 0. The minimum absolute atomic E-state index is 0.0499. The molecule has 1 fully saturated rings. The van der Waals surface area contributed by atoms with Crippen LogP contribution < -0.4 is 10.2 Å². The van der Waals surface area contributed by atoms with Gasteiger partial charge in [0.25, 0.3) is 0 Å². The van der Waals surface area contributed by atoms with Gasteiger partial charge in [-0.25, -0.2) is 4.79 Å². The first kappa shape index (κ1) is 14.4. The summed E-state index contributed by atoms with van der Waals surface area (Å²) < 4.78 is 0. The van der Waals surface area contributed by atoms with Crippen LogP contribution in [0.5, 0.6) is 0 Å². The van der Waals surface area contributed by atoms with Crippen molar-refractivity contribution in [1.82, 2.24) is 4.90 Å². The van der Waals surface area contributed by atoms with E-state index in [1.807, 2.05) is 48.3 Å². The van der Waals surface area contributed by atoms with Gasteiger partial charge in [-0.15, -0.1) is 0 Å². The van der Waals surface area contributed by atoms with Crippen molar-refractivity contribution in [3.05, 3.63) is 60.7 Å². The molecule has 22 heavy (non-hydrogen) atoms. The maximum Gasteiger partial charge on any atom is 0.321 e. The number of carbonyl (C=O) groups excluding carboxylic acids is 1. The highest BCUT2D eigenvalue weighted by molar-refractivity contribution is 5.89. The number of likely N-dealkylation sites (N-methyl/N-ethyl adjacent to an activating group) is 1. The zero-order valence-corrected chi connectivity index (χ0v) is 12.8. The molecule has 2 aromatic rings. The molecule has 0 aromatic heterocycles. The van der Waals surface area contributed by atoms with Crippen LogP contribution in [0.15, 0.2) is 60.7 Å². The van der Waals surface area contributed by atoms with Gasteiger partial charge < -0.3 is 15.1 Å². The summed E-state index contributed by atoms with van der Waals surface area (Å²) in [5, 5.41) is 2.94. The zero-order chi connectivity index (χ0) is 15.4. The lowest BCUT2D eigenvalue weighted by Crippen LogP contribution is -2.41. The predicted molar refractivity (Wildman–Crippen MR) is 90.3 cm³/mol. The number of para-hydroxylation sites is 2.